The maximum Gasteiger partial charge on any atom is 0.322 e. The maximum atomic E-state index is 11.1. The van der Waals surface area contributed by atoms with Crippen LogP contribution in [0.15, 0.2) is 0 Å². The van der Waals surface area contributed by atoms with Crippen molar-refractivity contribution in [3.63, 3.8) is 0 Å². The van der Waals surface area contributed by atoms with E-state index >= 15 is 0 Å². The average molecular weight is 260 g/mol. The summed E-state index contributed by atoms with van der Waals surface area (Å²) >= 11 is 0. The van der Waals surface area contributed by atoms with Crippen LogP contribution in [0.5, 0.6) is 0 Å². The highest BCUT2D eigenvalue weighted by atomic mass is 17.0. The van der Waals surface area contributed by atoms with Crippen LogP contribution in [0.25, 0.3) is 0 Å². The van der Waals surface area contributed by atoms with Gasteiger partial charge in [-0.2, -0.15) is 0 Å². The molecular weight excluding hydrogens is 240 g/mol. The van der Waals surface area contributed by atoms with Gasteiger partial charge in [-0.25, -0.2) is 0 Å². The summed E-state index contributed by atoms with van der Waals surface area (Å²) in [7, 11) is 0. The van der Waals surface area contributed by atoms with Gasteiger partial charge in [-0.3, -0.25) is 4.79 Å². The van der Waals surface area contributed by atoms with Crippen LogP contribution < -0.4 is 0 Å². The van der Waals surface area contributed by atoms with Crippen LogP contribution in [0.4, 0.5) is 0 Å². The molecule has 0 aromatic heterocycles. The van der Waals surface area contributed by atoms with Crippen LogP contribution in [0.3, 0.4) is 0 Å². The fourth-order valence-corrected chi connectivity index (χ4v) is 2.74. The Labute approximate surface area is 106 Å². The Hall–Kier alpha value is -1.37. The van der Waals surface area contributed by atoms with E-state index in [1.165, 1.54) is 6.92 Å². The van der Waals surface area contributed by atoms with Gasteiger partial charge in [0.2, 0.25) is 0 Å². The second kappa shape index (κ2) is 4.72. The minimum absolute atomic E-state index is 0.398. The van der Waals surface area contributed by atoms with Gasteiger partial charge >= 0.3 is 5.97 Å². The zero-order valence-corrected chi connectivity index (χ0v) is 11.4. The Balaban J connectivity index is 2.90. The van der Waals surface area contributed by atoms with Crippen molar-refractivity contribution >= 4 is 5.97 Å². The smallest absolute Gasteiger partial charge is 0.322 e. The topological polar surface area (TPSA) is 81.9 Å². The molecule has 1 aliphatic heterocycles. The quantitative estimate of drug-likeness (QED) is 0.567. The number of nitrogens with zero attached hydrogens (tertiary/aromatic N) is 2. The normalized spacial score (nSPS) is 23.4. The Morgan fingerprint density at radius 1 is 1.28 bits per heavy atom. The zero-order chi connectivity index (χ0) is 14.1. The first-order valence-electron chi connectivity index (χ1n) is 5.85. The van der Waals surface area contributed by atoms with Crippen LogP contribution in [-0.4, -0.2) is 33.3 Å². The van der Waals surface area contributed by atoms with Gasteiger partial charge < -0.3 is 9.68 Å². The molecule has 1 saturated heterocycles. The fraction of sp³-hybridized carbons (Fsp3) is 0.909. The van der Waals surface area contributed by atoms with E-state index in [1.807, 2.05) is 27.7 Å². The van der Waals surface area contributed by atoms with Crippen molar-refractivity contribution < 1.29 is 19.6 Å². The molecule has 1 heterocycles. The number of hydroxylamine groups is 2. The summed E-state index contributed by atoms with van der Waals surface area (Å²) in [4.78, 5) is 31.5. The first kappa shape index (κ1) is 14.7. The number of hydrogen-bond donors (Lipinski definition) is 0. The lowest BCUT2D eigenvalue weighted by Crippen LogP contribution is -2.62. The van der Waals surface area contributed by atoms with E-state index in [0.717, 1.165) is 0 Å². The fourth-order valence-electron chi connectivity index (χ4n) is 2.74. The van der Waals surface area contributed by atoms with Crippen LogP contribution in [0.1, 0.15) is 47.5 Å². The SMILES string of the molecule is CC(=O)ON1C(C)(C)CC(O[N+](=O)[O-])CC1(C)C. The summed E-state index contributed by atoms with van der Waals surface area (Å²) in [6.07, 6.45) is 0.354. The predicted octanol–water partition coefficient (Wildman–Crippen LogP) is 1.69. The van der Waals surface area contributed by atoms with Crippen LogP contribution in [0, 0.1) is 10.1 Å². The van der Waals surface area contributed by atoms with Gasteiger partial charge in [0.15, 0.2) is 0 Å². The molecule has 0 aromatic rings. The van der Waals surface area contributed by atoms with Crippen molar-refractivity contribution in [1.82, 2.24) is 5.06 Å². The summed E-state index contributed by atoms with van der Waals surface area (Å²) in [5, 5.41) is 11.3. The number of carbonyl (C=O) groups is 1. The third-order valence-corrected chi connectivity index (χ3v) is 3.01. The van der Waals surface area contributed by atoms with Crippen molar-refractivity contribution in [1.29, 1.82) is 0 Å². The molecule has 0 unspecified atom stereocenters. The second-order valence-electron chi connectivity index (χ2n) is 5.86. The number of hydrogen-bond acceptors (Lipinski definition) is 6. The number of rotatable bonds is 3. The van der Waals surface area contributed by atoms with E-state index < -0.39 is 28.2 Å². The summed E-state index contributed by atoms with van der Waals surface area (Å²) in [6, 6.07) is 0. The van der Waals surface area contributed by atoms with Crippen molar-refractivity contribution in [3.8, 4) is 0 Å². The minimum Gasteiger partial charge on any atom is -0.367 e. The molecule has 7 heteroatoms. The molecule has 1 rings (SSSR count). The first-order chi connectivity index (χ1) is 8.04. The van der Waals surface area contributed by atoms with E-state index in [4.69, 9.17) is 4.84 Å². The second-order valence-corrected chi connectivity index (χ2v) is 5.86. The zero-order valence-electron chi connectivity index (χ0n) is 11.4. The molecule has 0 bridgehead atoms. The van der Waals surface area contributed by atoms with Gasteiger partial charge in [-0.15, -0.1) is 15.2 Å². The van der Waals surface area contributed by atoms with Crippen molar-refractivity contribution in [2.45, 2.75) is 64.6 Å². The number of carbonyl (C=O) groups excluding carboxylic acids is 1. The number of piperidine rings is 1. The van der Waals surface area contributed by atoms with Gasteiger partial charge in [-0.05, 0) is 40.5 Å². The molecule has 0 radical (unpaired) electrons. The highest BCUT2D eigenvalue weighted by Gasteiger charge is 2.49. The molecule has 0 amide bonds. The Morgan fingerprint density at radius 2 is 1.72 bits per heavy atom. The lowest BCUT2D eigenvalue weighted by atomic mass is 9.80. The molecule has 18 heavy (non-hydrogen) atoms. The van der Waals surface area contributed by atoms with Crippen LogP contribution in [0.2, 0.25) is 0 Å². The van der Waals surface area contributed by atoms with Gasteiger partial charge in [0.05, 0.1) is 11.1 Å². The molecular formula is C11H20N2O5. The molecule has 0 saturated carbocycles. The van der Waals surface area contributed by atoms with Crippen molar-refractivity contribution in [2.75, 3.05) is 0 Å². The lowest BCUT2D eigenvalue weighted by molar-refractivity contribution is -0.770. The van der Waals surface area contributed by atoms with E-state index in [-0.39, 0.29) is 0 Å². The van der Waals surface area contributed by atoms with Crippen molar-refractivity contribution in [3.05, 3.63) is 10.1 Å². The Bertz CT molecular complexity index is 335. The standard InChI is InChI=1S/C11H20N2O5/c1-8(14)17-12-10(2,3)6-9(18-13(15)16)7-11(12,4)5/h9H,6-7H2,1-5H3. The Kier molecular flexibility index (Phi) is 3.85. The highest BCUT2D eigenvalue weighted by molar-refractivity contribution is 5.65. The van der Waals surface area contributed by atoms with Crippen molar-refractivity contribution in [2.24, 2.45) is 0 Å². The third kappa shape index (κ3) is 3.32. The summed E-state index contributed by atoms with van der Waals surface area (Å²) < 4.78 is 0. The molecule has 1 fully saturated rings. The Morgan fingerprint density at radius 3 is 2.06 bits per heavy atom. The third-order valence-electron chi connectivity index (χ3n) is 3.01. The van der Waals surface area contributed by atoms with Gasteiger partial charge in [0.25, 0.3) is 5.09 Å². The van der Waals surface area contributed by atoms with E-state index in [2.05, 4.69) is 4.84 Å². The first-order valence-corrected chi connectivity index (χ1v) is 5.85. The lowest BCUT2D eigenvalue weighted by Gasteiger charge is -2.51. The highest BCUT2D eigenvalue weighted by Crippen LogP contribution is 2.39. The van der Waals surface area contributed by atoms with Crippen LogP contribution in [-0.2, 0) is 14.5 Å². The van der Waals surface area contributed by atoms with E-state index in [0.29, 0.717) is 12.8 Å². The molecule has 0 atom stereocenters. The van der Waals surface area contributed by atoms with E-state index in [1.54, 1.807) is 5.06 Å². The average Bonchev–Trinajstić information content (AvgIpc) is 2.08. The van der Waals surface area contributed by atoms with Gasteiger partial charge in [-0.1, -0.05) is 0 Å². The van der Waals surface area contributed by atoms with Gasteiger partial charge in [0.1, 0.15) is 6.10 Å². The molecule has 0 spiro atoms. The molecule has 0 N–H and O–H groups in total. The predicted molar refractivity (Wildman–Crippen MR) is 62.9 cm³/mol. The molecule has 104 valence electrons. The summed E-state index contributed by atoms with van der Waals surface area (Å²) in [5.74, 6) is -0.398. The minimum atomic E-state index is -0.766. The maximum absolute atomic E-state index is 11.1. The molecule has 1 aliphatic rings. The van der Waals surface area contributed by atoms with Crippen LogP contribution >= 0.6 is 0 Å². The van der Waals surface area contributed by atoms with E-state index in [9.17, 15) is 14.9 Å². The van der Waals surface area contributed by atoms with Gasteiger partial charge in [0, 0.05) is 6.92 Å². The summed E-state index contributed by atoms with van der Waals surface area (Å²) in [6.45, 7) is 8.81. The molecule has 0 aromatic carbocycles. The molecule has 7 nitrogen and oxygen atoms in total. The largest absolute Gasteiger partial charge is 0.367 e. The molecule has 0 aliphatic carbocycles. The monoisotopic (exact) mass is 260 g/mol. The summed E-state index contributed by atoms with van der Waals surface area (Å²) in [5.41, 5.74) is -1.04.